The van der Waals surface area contributed by atoms with Crippen LogP contribution in [0, 0.1) is 5.92 Å². The highest BCUT2D eigenvalue weighted by Crippen LogP contribution is 2.17. The summed E-state index contributed by atoms with van der Waals surface area (Å²) in [6.45, 7) is 9.30. The maximum Gasteiger partial charge on any atom is 0.0231 e. The van der Waals surface area contributed by atoms with E-state index in [4.69, 9.17) is 0 Å². The number of nitrogens with one attached hydrogen (secondary N) is 1. The van der Waals surface area contributed by atoms with Gasteiger partial charge in [-0.2, -0.15) is 0 Å². The fourth-order valence-corrected chi connectivity index (χ4v) is 2.97. The predicted molar refractivity (Wildman–Crippen MR) is 80.9 cm³/mol. The van der Waals surface area contributed by atoms with E-state index < -0.39 is 0 Å². The zero-order chi connectivity index (χ0) is 12.8. The first kappa shape index (κ1) is 13.8. The zero-order valence-corrected chi connectivity index (χ0v) is 12.0. The molecule has 1 aliphatic carbocycles. The van der Waals surface area contributed by atoms with Gasteiger partial charge >= 0.3 is 0 Å². The van der Waals surface area contributed by atoms with Crippen LogP contribution < -0.4 is 5.32 Å². The van der Waals surface area contributed by atoms with E-state index in [1.165, 1.54) is 44.3 Å². The van der Waals surface area contributed by atoms with Gasteiger partial charge in [0.15, 0.2) is 0 Å². The van der Waals surface area contributed by atoms with Crippen molar-refractivity contribution < 1.29 is 1.43 Å². The lowest BCUT2D eigenvalue weighted by Gasteiger charge is -2.34. The molecule has 0 aromatic rings. The third-order valence-electron chi connectivity index (χ3n) is 3.99. The van der Waals surface area contributed by atoms with Gasteiger partial charge in [0.05, 0.1) is 0 Å². The minimum atomic E-state index is 0. The summed E-state index contributed by atoms with van der Waals surface area (Å²) in [7, 11) is 0. The number of nitrogens with zero attached hydrogens (tertiary/aromatic N) is 1. The molecule has 0 saturated carbocycles. The van der Waals surface area contributed by atoms with Crippen molar-refractivity contribution in [3.63, 3.8) is 0 Å². The van der Waals surface area contributed by atoms with E-state index in [1.807, 2.05) is 0 Å². The first-order valence-corrected chi connectivity index (χ1v) is 7.61. The maximum absolute atomic E-state index is 3.65. The molecule has 1 aliphatic heterocycles. The molecule has 104 valence electrons. The molecule has 2 aliphatic rings. The Labute approximate surface area is 114 Å². The van der Waals surface area contributed by atoms with Crippen molar-refractivity contribution in [3.05, 3.63) is 23.8 Å². The van der Waals surface area contributed by atoms with Crippen LogP contribution in [0.5, 0.6) is 0 Å². The van der Waals surface area contributed by atoms with Crippen LogP contribution in [-0.4, -0.2) is 37.1 Å². The van der Waals surface area contributed by atoms with Gasteiger partial charge < -0.3 is 5.32 Å². The molecule has 2 rings (SSSR count). The summed E-state index contributed by atoms with van der Waals surface area (Å²) in [5.41, 5.74) is 1.52. The minimum Gasteiger partial charge on any atom is -0.311 e. The fraction of sp³-hybridized carbons (Fsp3) is 0.750. The second-order valence-electron chi connectivity index (χ2n) is 5.89. The van der Waals surface area contributed by atoms with E-state index in [1.54, 1.807) is 0 Å². The van der Waals surface area contributed by atoms with Crippen LogP contribution in [0.4, 0.5) is 0 Å². The smallest absolute Gasteiger partial charge is 0.0231 e. The van der Waals surface area contributed by atoms with Crippen LogP contribution >= 0.6 is 0 Å². The lowest BCUT2D eigenvalue weighted by molar-refractivity contribution is 0.207. The quantitative estimate of drug-likeness (QED) is 0.806. The fourth-order valence-electron chi connectivity index (χ4n) is 2.97. The Hall–Kier alpha value is -0.600. The molecule has 0 aromatic heterocycles. The number of piperazine rings is 1. The molecule has 0 amide bonds. The summed E-state index contributed by atoms with van der Waals surface area (Å²) in [5.74, 6) is 0.726. The highest BCUT2D eigenvalue weighted by atomic mass is 15.2. The second kappa shape index (κ2) is 7.10. The third kappa shape index (κ3) is 4.25. The van der Waals surface area contributed by atoms with E-state index >= 15 is 0 Å². The number of hydrogen-bond donors (Lipinski definition) is 1. The Kier molecular flexibility index (Phi) is 5.45. The summed E-state index contributed by atoms with van der Waals surface area (Å²) in [4.78, 5) is 2.62. The largest absolute Gasteiger partial charge is 0.311 e. The number of hydrogen-bond acceptors (Lipinski definition) is 2. The van der Waals surface area contributed by atoms with E-state index in [0.29, 0.717) is 6.04 Å². The summed E-state index contributed by atoms with van der Waals surface area (Å²) in [6, 6.07) is 0.712. The summed E-state index contributed by atoms with van der Waals surface area (Å²) >= 11 is 0. The Balaban J connectivity index is 0.00000180. The van der Waals surface area contributed by atoms with Crippen molar-refractivity contribution in [1.29, 1.82) is 0 Å². The van der Waals surface area contributed by atoms with Crippen molar-refractivity contribution in [2.24, 2.45) is 5.92 Å². The highest BCUT2D eigenvalue weighted by Gasteiger charge is 2.19. The van der Waals surface area contributed by atoms with E-state index in [0.717, 1.165) is 19.0 Å². The standard InChI is InChI=1S/C16H28N2.H2/c1-3-4-8-16-13-18(10-9-17-16)12-15-7-5-6-14(2)11-15;/h5,7,11,14,16-17H,3-4,6,8-10,12-13H2,1-2H3;1H/t14?,16-;/m0./s1. The SMILES string of the molecule is CCCC[C@H]1CN(CC2=CC(C)CC=C2)CCN1.[HH]. The molecule has 1 N–H and O–H groups in total. The van der Waals surface area contributed by atoms with Gasteiger partial charge in [0.1, 0.15) is 0 Å². The third-order valence-corrected chi connectivity index (χ3v) is 3.99. The molecule has 2 atom stereocenters. The molecule has 1 saturated heterocycles. The lowest BCUT2D eigenvalue weighted by Crippen LogP contribution is -2.50. The molecule has 0 aromatic carbocycles. The van der Waals surface area contributed by atoms with E-state index in [9.17, 15) is 0 Å². The molecule has 2 heteroatoms. The average molecular weight is 250 g/mol. The normalized spacial score (nSPS) is 29.3. The molecule has 1 fully saturated rings. The van der Waals surface area contributed by atoms with Crippen LogP contribution in [-0.2, 0) is 0 Å². The molecular weight excluding hydrogens is 220 g/mol. The van der Waals surface area contributed by atoms with Crippen molar-refractivity contribution in [2.75, 3.05) is 26.2 Å². The first-order valence-electron chi connectivity index (χ1n) is 7.61. The first-order chi connectivity index (χ1) is 8.78. The van der Waals surface area contributed by atoms with Gasteiger partial charge in [-0.1, -0.05) is 44.9 Å². The Morgan fingerprint density at radius 2 is 2.39 bits per heavy atom. The molecule has 1 heterocycles. The van der Waals surface area contributed by atoms with Gasteiger partial charge in [0.2, 0.25) is 0 Å². The summed E-state index contributed by atoms with van der Waals surface area (Å²) in [6.07, 6.45) is 12.3. The minimum absolute atomic E-state index is 0. The van der Waals surface area contributed by atoms with Gasteiger partial charge in [-0.15, -0.1) is 0 Å². The molecule has 0 radical (unpaired) electrons. The van der Waals surface area contributed by atoms with Gasteiger partial charge in [0.25, 0.3) is 0 Å². The molecule has 18 heavy (non-hydrogen) atoms. The topological polar surface area (TPSA) is 15.3 Å². The monoisotopic (exact) mass is 250 g/mol. The Bertz CT molecular complexity index is 312. The van der Waals surface area contributed by atoms with Crippen LogP contribution in [0.1, 0.15) is 41.0 Å². The Morgan fingerprint density at radius 3 is 3.17 bits per heavy atom. The molecule has 2 nitrogen and oxygen atoms in total. The highest BCUT2D eigenvalue weighted by molar-refractivity contribution is 5.25. The molecule has 0 bridgehead atoms. The van der Waals surface area contributed by atoms with Crippen molar-refractivity contribution in [1.82, 2.24) is 10.2 Å². The summed E-state index contributed by atoms with van der Waals surface area (Å²) < 4.78 is 0. The van der Waals surface area contributed by atoms with Crippen LogP contribution in [0.15, 0.2) is 23.8 Å². The van der Waals surface area contributed by atoms with E-state index in [2.05, 4.69) is 42.3 Å². The van der Waals surface area contributed by atoms with Crippen LogP contribution in [0.2, 0.25) is 0 Å². The lowest BCUT2D eigenvalue weighted by atomic mass is 9.97. The van der Waals surface area contributed by atoms with E-state index in [-0.39, 0.29) is 1.43 Å². The van der Waals surface area contributed by atoms with Gasteiger partial charge in [-0.25, -0.2) is 0 Å². The van der Waals surface area contributed by atoms with Crippen LogP contribution in [0.3, 0.4) is 0 Å². The zero-order valence-electron chi connectivity index (χ0n) is 12.0. The number of unbranched alkanes of at least 4 members (excludes halogenated alkanes) is 1. The predicted octanol–water partition coefficient (Wildman–Crippen LogP) is 3.22. The van der Waals surface area contributed by atoms with Gasteiger partial charge in [-0.05, 0) is 24.3 Å². The maximum atomic E-state index is 3.65. The number of allylic oxidation sites excluding steroid dienone is 2. The second-order valence-corrected chi connectivity index (χ2v) is 5.89. The Morgan fingerprint density at radius 1 is 1.50 bits per heavy atom. The summed E-state index contributed by atoms with van der Waals surface area (Å²) in [5, 5.41) is 3.65. The van der Waals surface area contributed by atoms with Crippen molar-refractivity contribution >= 4 is 0 Å². The average Bonchev–Trinajstić information content (AvgIpc) is 2.37. The van der Waals surface area contributed by atoms with Crippen molar-refractivity contribution in [2.45, 2.75) is 45.6 Å². The van der Waals surface area contributed by atoms with Crippen molar-refractivity contribution in [3.8, 4) is 0 Å². The molecular formula is C16H30N2. The molecule has 1 unspecified atom stereocenters. The van der Waals surface area contributed by atoms with Crippen LogP contribution in [0.25, 0.3) is 0 Å². The van der Waals surface area contributed by atoms with Gasteiger partial charge in [-0.3, -0.25) is 4.90 Å². The number of rotatable bonds is 5. The molecule has 0 spiro atoms. The van der Waals surface area contributed by atoms with Gasteiger partial charge in [0, 0.05) is 33.6 Å².